The Labute approximate surface area is 115 Å². The van der Waals surface area contributed by atoms with E-state index in [1.165, 1.54) is 0 Å². The van der Waals surface area contributed by atoms with E-state index in [0.717, 1.165) is 19.4 Å². The molecule has 2 atom stereocenters. The Hall–Kier alpha value is -1.10. The predicted octanol–water partition coefficient (Wildman–Crippen LogP) is 1.62. The van der Waals surface area contributed by atoms with Crippen molar-refractivity contribution in [3.63, 3.8) is 0 Å². The quantitative estimate of drug-likeness (QED) is 0.737. The van der Waals surface area contributed by atoms with E-state index in [-0.39, 0.29) is 11.9 Å². The minimum atomic E-state index is -0.961. The molecule has 2 N–H and O–H groups in total. The second kappa shape index (κ2) is 6.89. The minimum Gasteiger partial charge on any atom is -0.479 e. The lowest BCUT2D eigenvalue weighted by Gasteiger charge is -2.35. The van der Waals surface area contributed by atoms with Gasteiger partial charge in [-0.15, -0.1) is 0 Å². The Morgan fingerprint density at radius 2 is 2.11 bits per heavy atom. The zero-order chi connectivity index (χ0) is 14.5. The van der Waals surface area contributed by atoms with E-state index in [0.29, 0.717) is 25.8 Å². The number of likely N-dealkylation sites (tertiary alicyclic amines) is 1. The average molecular weight is 270 g/mol. The number of nitrogens with zero attached hydrogens (tertiary/aromatic N) is 1. The van der Waals surface area contributed by atoms with Gasteiger partial charge in [-0.1, -0.05) is 20.3 Å². The van der Waals surface area contributed by atoms with Gasteiger partial charge in [-0.3, -0.25) is 4.79 Å². The maximum atomic E-state index is 12.3. The van der Waals surface area contributed by atoms with Crippen LogP contribution in [0.1, 0.15) is 52.9 Å². The van der Waals surface area contributed by atoms with E-state index < -0.39 is 11.5 Å². The van der Waals surface area contributed by atoms with Crippen LogP contribution in [0.15, 0.2) is 0 Å². The van der Waals surface area contributed by atoms with Crippen LogP contribution in [0.2, 0.25) is 0 Å². The fraction of sp³-hybridized carbons (Fsp3) is 0.857. The summed E-state index contributed by atoms with van der Waals surface area (Å²) in [6, 6.07) is 0.0891. The molecule has 0 aromatic rings. The molecule has 5 nitrogen and oxygen atoms in total. The van der Waals surface area contributed by atoms with Crippen LogP contribution in [0.25, 0.3) is 0 Å². The third kappa shape index (κ3) is 3.47. The molecule has 0 spiro atoms. The van der Waals surface area contributed by atoms with Crippen molar-refractivity contribution in [2.75, 3.05) is 13.1 Å². The first kappa shape index (κ1) is 16.0. The molecule has 19 heavy (non-hydrogen) atoms. The minimum absolute atomic E-state index is 0.0400. The molecule has 1 fully saturated rings. The monoisotopic (exact) mass is 270 g/mol. The van der Waals surface area contributed by atoms with Gasteiger partial charge in [0, 0.05) is 19.0 Å². The lowest BCUT2D eigenvalue weighted by Crippen LogP contribution is -2.53. The topological polar surface area (TPSA) is 69.6 Å². The lowest BCUT2D eigenvalue weighted by molar-refractivity contribution is -0.157. The molecular formula is C14H26N2O3. The molecule has 1 aliphatic rings. The van der Waals surface area contributed by atoms with Crippen molar-refractivity contribution in [3.05, 3.63) is 0 Å². The number of aliphatic carboxylic acids is 1. The molecule has 1 aliphatic heterocycles. The fourth-order valence-corrected chi connectivity index (χ4v) is 3.04. The molecule has 1 rings (SSSR count). The second-order valence-electron chi connectivity index (χ2n) is 5.40. The van der Waals surface area contributed by atoms with Gasteiger partial charge in [0.2, 0.25) is 5.91 Å². The van der Waals surface area contributed by atoms with Gasteiger partial charge in [0.1, 0.15) is 5.54 Å². The molecule has 1 saturated heterocycles. The standard InChI is InChI=1S/C14H26N2O3/c1-4-7-14(13(18)19)8-6-9-16(14)12(17)10-11(3)15-5-2/h11,15H,4-10H2,1-3H3,(H,18,19). The molecule has 0 aromatic carbocycles. The Morgan fingerprint density at radius 3 is 2.63 bits per heavy atom. The smallest absolute Gasteiger partial charge is 0.329 e. The first-order chi connectivity index (χ1) is 8.97. The summed E-state index contributed by atoms with van der Waals surface area (Å²) < 4.78 is 0. The van der Waals surface area contributed by atoms with Gasteiger partial charge < -0.3 is 15.3 Å². The van der Waals surface area contributed by atoms with Crippen LogP contribution < -0.4 is 5.32 Å². The van der Waals surface area contributed by atoms with Gasteiger partial charge in [-0.25, -0.2) is 4.79 Å². The van der Waals surface area contributed by atoms with Crippen LogP contribution in [-0.4, -0.2) is 46.6 Å². The summed E-state index contributed by atoms with van der Waals surface area (Å²) in [5.41, 5.74) is -0.961. The van der Waals surface area contributed by atoms with Crippen LogP contribution in [0.4, 0.5) is 0 Å². The number of carbonyl (C=O) groups excluding carboxylic acids is 1. The summed E-state index contributed by atoms with van der Waals surface area (Å²) >= 11 is 0. The Balaban J connectivity index is 2.79. The number of carbonyl (C=O) groups is 2. The molecule has 1 heterocycles. The van der Waals surface area contributed by atoms with Crippen molar-refractivity contribution >= 4 is 11.9 Å². The third-order valence-corrected chi connectivity index (χ3v) is 3.88. The molecular weight excluding hydrogens is 244 g/mol. The van der Waals surface area contributed by atoms with E-state index in [1.807, 2.05) is 20.8 Å². The summed E-state index contributed by atoms with van der Waals surface area (Å²) in [6.45, 7) is 7.31. The number of rotatable bonds is 7. The number of carboxylic acids is 1. The van der Waals surface area contributed by atoms with Gasteiger partial charge in [-0.05, 0) is 32.7 Å². The molecule has 5 heteroatoms. The van der Waals surface area contributed by atoms with Crippen LogP contribution >= 0.6 is 0 Å². The van der Waals surface area contributed by atoms with Gasteiger partial charge in [-0.2, -0.15) is 0 Å². The molecule has 0 aromatic heterocycles. The zero-order valence-corrected chi connectivity index (χ0v) is 12.2. The lowest BCUT2D eigenvalue weighted by atomic mass is 9.90. The van der Waals surface area contributed by atoms with Crippen molar-refractivity contribution in [3.8, 4) is 0 Å². The van der Waals surface area contributed by atoms with Crippen molar-refractivity contribution in [2.45, 2.75) is 64.5 Å². The molecule has 0 bridgehead atoms. The highest BCUT2D eigenvalue weighted by atomic mass is 16.4. The number of nitrogens with one attached hydrogen (secondary N) is 1. The normalized spacial score (nSPS) is 24.5. The molecule has 110 valence electrons. The molecule has 0 radical (unpaired) electrons. The first-order valence-corrected chi connectivity index (χ1v) is 7.25. The first-order valence-electron chi connectivity index (χ1n) is 7.25. The van der Waals surface area contributed by atoms with E-state index in [9.17, 15) is 14.7 Å². The van der Waals surface area contributed by atoms with Gasteiger partial charge in [0.05, 0.1) is 0 Å². The largest absolute Gasteiger partial charge is 0.479 e. The maximum Gasteiger partial charge on any atom is 0.329 e. The Kier molecular flexibility index (Phi) is 5.79. The highest BCUT2D eigenvalue weighted by Gasteiger charge is 2.48. The SMILES string of the molecule is CCCC1(C(=O)O)CCCN1C(=O)CC(C)NCC. The summed E-state index contributed by atoms with van der Waals surface area (Å²) in [5, 5.41) is 12.7. The predicted molar refractivity (Wildman–Crippen MR) is 74.0 cm³/mol. The van der Waals surface area contributed by atoms with Crippen LogP contribution in [0.3, 0.4) is 0 Å². The fourth-order valence-electron chi connectivity index (χ4n) is 3.04. The number of hydrogen-bond acceptors (Lipinski definition) is 3. The van der Waals surface area contributed by atoms with Crippen LogP contribution in [0.5, 0.6) is 0 Å². The summed E-state index contributed by atoms with van der Waals surface area (Å²) in [6.07, 6.45) is 3.06. The van der Waals surface area contributed by atoms with Gasteiger partial charge in [0.25, 0.3) is 0 Å². The number of amides is 1. The zero-order valence-electron chi connectivity index (χ0n) is 12.2. The van der Waals surface area contributed by atoms with E-state index in [4.69, 9.17) is 0 Å². The van der Waals surface area contributed by atoms with Crippen LogP contribution in [-0.2, 0) is 9.59 Å². The molecule has 0 saturated carbocycles. The molecule has 1 amide bonds. The summed E-state index contributed by atoms with van der Waals surface area (Å²) in [4.78, 5) is 25.6. The highest BCUT2D eigenvalue weighted by molar-refractivity contribution is 5.88. The second-order valence-corrected chi connectivity index (χ2v) is 5.40. The molecule has 2 unspecified atom stereocenters. The maximum absolute atomic E-state index is 12.3. The summed E-state index contributed by atoms with van der Waals surface area (Å²) in [5.74, 6) is -0.891. The van der Waals surface area contributed by atoms with Crippen LogP contribution in [0, 0.1) is 0 Å². The third-order valence-electron chi connectivity index (χ3n) is 3.88. The van der Waals surface area contributed by atoms with Crippen molar-refractivity contribution < 1.29 is 14.7 Å². The summed E-state index contributed by atoms with van der Waals surface area (Å²) in [7, 11) is 0. The highest BCUT2D eigenvalue weighted by Crippen LogP contribution is 2.34. The Morgan fingerprint density at radius 1 is 1.42 bits per heavy atom. The van der Waals surface area contributed by atoms with Crippen molar-refractivity contribution in [2.24, 2.45) is 0 Å². The van der Waals surface area contributed by atoms with E-state index >= 15 is 0 Å². The van der Waals surface area contributed by atoms with Gasteiger partial charge >= 0.3 is 5.97 Å². The number of carboxylic acid groups (broad SMARTS) is 1. The molecule has 0 aliphatic carbocycles. The van der Waals surface area contributed by atoms with E-state index in [2.05, 4.69) is 5.32 Å². The van der Waals surface area contributed by atoms with Gasteiger partial charge in [0.15, 0.2) is 0 Å². The Bertz CT molecular complexity index is 333. The van der Waals surface area contributed by atoms with Crippen molar-refractivity contribution in [1.82, 2.24) is 10.2 Å². The average Bonchev–Trinajstić information content (AvgIpc) is 2.74. The number of hydrogen-bond donors (Lipinski definition) is 2. The van der Waals surface area contributed by atoms with E-state index in [1.54, 1.807) is 4.90 Å². The van der Waals surface area contributed by atoms with Crippen molar-refractivity contribution in [1.29, 1.82) is 0 Å².